The zero-order valence-electron chi connectivity index (χ0n) is 13.4. The molecular weight excluding hydrogens is 356 g/mol. The average Bonchev–Trinajstić information content (AvgIpc) is 2.58. The predicted octanol–water partition coefficient (Wildman–Crippen LogP) is 3.66. The predicted molar refractivity (Wildman–Crippen MR) is 95.3 cm³/mol. The van der Waals surface area contributed by atoms with Gasteiger partial charge in [0.1, 0.15) is 0 Å². The van der Waals surface area contributed by atoms with Gasteiger partial charge < -0.3 is 10.6 Å². The molecule has 0 aromatic heterocycles. The standard InChI is InChI=1S/C18H25BrN2O2/c19-16-9-5-4-8-15(16)18(23)21-13-12-20-17(22)11-10-14-6-2-1-3-7-14/h4-5,8-9,14H,1-3,6-7,10-13H2,(H,20,22)(H,21,23). The molecule has 0 saturated heterocycles. The summed E-state index contributed by atoms with van der Waals surface area (Å²) in [6, 6.07) is 7.30. The summed E-state index contributed by atoms with van der Waals surface area (Å²) < 4.78 is 0.772. The molecule has 1 saturated carbocycles. The van der Waals surface area contributed by atoms with Crippen molar-refractivity contribution in [3.05, 3.63) is 34.3 Å². The van der Waals surface area contributed by atoms with Crippen LogP contribution in [0.2, 0.25) is 0 Å². The van der Waals surface area contributed by atoms with E-state index in [1.807, 2.05) is 18.2 Å². The van der Waals surface area contributed by atoms with Crippen LogP contribution in [-0.2, 0) is 4.79 Å². The van der Waals surface area contributed by atoms with Crippen molar-refractivity contribution in [1.29, 1.82) is 0 Å². The first-order chi connectivity index (χ1) is 11.2. The molecule has 1 aromatic rings. The number of hydrogen-bond acceptors (Lipinski definition) is 2. The molecule has 0 unspecified atom stereocenters. The number of halogens is 1. The summed E-state index contributed by atoms with van der Waals surface area (Å²) in [6.07, 6.45) is 8.11. The van der Waals surface area contributed by atoms with E-state index in [-0.39, 0.29) is 11.8 Å². The highest BCUT2D eigenvalue weighted by atomic mass is 79.9. The average molecular weight is 381 g/mol. The van der Waals surface area contributed by atoms with Gasteiger partial charge in [0.2, 0.25) is 5.91 Å². The van der Waals surface area contributed by atoms with Crippen molar-refractivity contribution in [2.24, 2.45) is 5.92 Å². The van der Waals surface area contributed by atoms with E-state index < -0.39 is 0 Å². The number of benzene rings is 1. The lowest BCUT2D eigenvalue weighted by Crippen LogP contribution is -2.34. The Hall–Kier alpha value is -1.36. The van der Waals surface area contributed by atoms with Crippen LogP contribution in [-0.4, -0.2) is 24.9 Å². The van der Waals surface area contributed by atoms with E-state index in [1.54, 1.807) is 6.07 Å². The van der Waals surface area contributed by atoms with Crippen LogP contribution in [0.1, 0.15) is 55.3 Å². The lowest BCUT2D eigenvalue weighted by atomic mass is 9.86. The van der Waals surface area contributed by atoms with Gasteiger partial charge >= 0.3 is 0 Å². The van der Waals surface area contributed by atoms with Gasteiger partial charge in [-0.25, -0.2) is 0 Å². The van der Waals surface area contributed by atoms with Gasteiger partial charge in [-0.3, -0.25) is 9.59 Å². The maximum Gasteiger partial charge on any atom is 0.252 e. The molecule has 1 aliphatic carbocycles. The summed E-state index contributed by atoms with van der Waals surface area (Å²) in [5.74, 6) is 0.685. The monoisotopic (exact) mass is 380 g/mol. The molecule has 0 heterocycles. The van der Waals surface area contributed by atoms with E-state index in [0.717, 1.165) is 16.8 Å². The Labute approximate surface area is 146 Å². The van der Waals surface area contributed by atoms with Crippen molar-refractivity contribution in [1.82, 2.24) is 10.6 Å². The zero-order valence-corrected chi connectivity index (χ0v) is 15.0. The minimum absolute atomic E-state index is 0.0886. The molecule has 23 heavy (non-hydrogen) atoms. The van der Waals surface area contributed by atoms with Crippen LogP contribution in [0.25, 0.3) is 0 Å². The molecule has 2 amide bonds. The molecular formula is C18H25BrN2O2. The molecule has 2 rings (SSSR count). The lowest BCUT2D eigenvalue weighted by molar-refractivity contribution is -0.121. The second-order valence-electron chi connectivity index (χ2n) is 6.13. The summed E-state index contributed by atoms with van der Waals surface area (Å²) >= 11 is 3.36. The first kappa shape index (κ1) is 18.0. The number of nitrogens with one attached hydrogen (secondary N) is 2. The normalized spacial score (nSPS) is 15.2. The van der Waals surface area contributed by atoms with Crippen LogP contribution in [0.5, 0.6) is 0 Å². The Morgan fingerprint density at radius 3 is 2.48 bits per heavy atom. The lowest BCUT2D eigenvalue weighted by Gasteiger charge is -2.21. The second kappa shape index (κ2) is 9.71. The third-order valence-corrected chi connectivity index (χ3v) is 5.05. The van der Waals surface area contributed by atoms with Gasteiger partial charge in [-0.15, -0.1) is 0 Å². The van der Waals surface area contributed by atoms with Crippen LogP contribution < -0.4 is 10.6 Å². The molecule has 0 spiro atoms. The SMILES string of the molecule is O=C(CCC1CCCCC1)NCCNC(=O)c1ccccc1Br. The van der Waals surface area contributed by atoms with Crippen molar-refractivity contribution in [2.45, 2.75) is 44.9 Å². The van der Waals surface area contributed by atoms with Crippen molar-refractivity contribution < 1.29 is 9.59 Å². The van der Waals surface area contributed by atoms with Crippen molar-refractivity contribution in [3.63, 3.8) is 0 Å². The van der Waals surface area contributed by atoms with Gasteiger partial charge in [0.15, 0.2) is 0 Å². The van der Waals surface area contributed by atoms with Gasteiger partial charge in [0.25, 0.3) is 5.91 Å². The van der Waals surface area contributed by atoms with Crippen LogP contribution in [0.15, 0.2) is 28.7 Å². The summed E-state index contributed by atoms with van der Waals surface area (Å²) in [4.78, 5) is 23.8. The number of carbonyl (C=O) groups is 2. The number of rotatable bonds is 7. The van der Waals surface area contributed by atoms with E-state index in [9.17, 15) is 9.59 Å². The molecule has 2 N–H and O–H groups in total. The third-order valence-electron chi connectivity index (χ3n) is 4.36. The number of hydrogen-bond donors (Lipinski definition) is 2. The molecule has 4 nitrogen and oxygen atoms in total. The second-order valence-corrected chi connectivity index (χ2v) is 6.98. The van der Waals surface area contributed by atoms with Crippen LogP contribution >= 0.6 is 15.9 Å². The fraction of sp³-hybridized carbons (Fsp3) is 0.556. The van der Waals surface area contributed by atoms with E-state index in [0.29, 0.717) is 25.1 Å². The highest BCUT2D eigenvalue weighted by molar-refractivity contribution is 9.10. The summed E-state index contributed by atoms with van der Waals surface area (Å²) in [6.45, 7) is 0.912. The summed E-state index contributed by atoms with van der Waals surface area (Å²) in [5.41, 5.74) is 0.608. The Bertz CT molecular complexity index is 528. The Kier molecular flexibility index (Phi) is 7.59. The Morgan fingerprint density at radius 2 is 1.74 bits per heavy atom. The van der Waals surface area contributed by atoms with Gasteiger partial charge in [-0.1, -0.05) is 44.2 Å². The minimum atomic E-state index is -0.131. The first-order valence-electron chi connectivity index (χ1n) is 8.46. The van der Waals surface area contributed by atoms with Crippen molar-refractivity contribution in [3.8, 4) is 0 Å². The van der Waals surface area contributed by atoms with Gasteiger partial charge in [-0.2, -0.15) is 0 Å². The molecule has 1 aliphatic rings. The Balaban J connectivity index is 1.58. The van der Waals surface area contributed by atoms with Crippen LogP contribution in [0.4, 0.5) is 0 Å². The first-order valence-corrected chi connectivity index (χ1v) is 9.25. The molecule has 5 heteroatoms. The van der Waals surface area contributed by atoms with Crippen LogP contribution in [0, 0.1) is 5.92 Å². The van der Waals surface area contributed by atoms with Crippen molar-refractivity contribution in [2.75, 3.05) is 13.1 Å². The zero-order chi connectivity index (χ0) is 16.5. The molecule has 0 bridgehead atoms. The number of carbonyl (C=O) groups excluding carboxylic acids is 2. The largest absolute Gasteiger partial charge is 0.354 e. The summed E-state index contributed by atoms with van der Waals surface area (Å²) in [5, 5.41) is 5.70. The highest BCUT2D eigenvalue weighted by Crippen LogP contribution is 2.27. The molecule has 1 aromatic carbocycles. The van der Waals surface area contributed by atoms with E-state index >= 15 is 0 Å². The fourth-order valence-corrected chi connectivity index (χ4v) is 3.48. The number of amides is 2. The smallest absolute Gasteiger partial charge is 0.252 e. The quantitative estimate of drug-likeness (QED) is 0.709. The molecule has 126 valence electrons. The van der Waals surface area contributed by atoms with Crippen molar-refractivity contribution >= 4 is 27.7 Å². The molecule has 0 radical (unpaired) electrons. The van der Waals surface area contributed by atoms with E-state index in [4.69, 9.17) is 0 Å². The van der Waals surface area contributed by atoms with Gasteiger partial charge in [-0.05, 0) is 40.4 Å². The molecule has 1 fully saturated rings. The van der Waals surface area contributed by atoms with E-state index in [1.165, 1.54) is 32.1 Å². The van der Waals surface area contributed by atoms with Gasteiger partial charge in [0.05, 0.1) is 5.56 Å². The van der Waals surface area contributed by atoms with Crippen LogP contribution in [0.3, 0.4) is 0 Å². The topological polar surface area (TPSA) is 58.2 Å². The third kappa shape index (κ3) is 6.34. The highest BCUT2D eigenvalue weighted by Gasteiger charge is 2.14. The molecule has 0 atom stereocenters. The van der Waals surface area contributed by atoms with E-state index in [2.05, 4.69) is 26.6 Å². The minimum Gasteiger partial charge on any atom is -0.354 e. The molecule has 0 aliphatic heterocycles. The maximum absolute atomic E-state index is 12.0. The summed E-state index contributed by atoms with van der Waals surface area (Å²) in [7, 11) is 0. The maximum atomic E-state index is 12.0. The fourth-order valence-electron chi connectivity index (χ4n) is 3.02. The van der Waals surface area contributed by atoms with Gasteiger partial charge in [0, 0.05) is 24.0 Å². The Morgan fingerprint density at radius 1 is 1.04 bits per heavy atom.